The van der Waals surface area contributed by atoms with E-state index in [0.717, 1.165) is 124 Å². The predicted octanol–water partition coefficient (Wildman–Crippen LogP) is 6.30. The molecule has 9 heterocycles. The van der Waals surface area contributed by atoms with Gasteiger partial charge in [-0.25, -0.2) is 14.2 Å². The standard InChI is InChI=1S/C50H59FN12O3/c1-30-24-61(49-41(30)20-39(23-53-49)60-17-14-47(65)54-50(60)66)37-18-38(19-37)63-33-6-7-34(63)27-57(26-33)25-31-12-15-58(16-13-31)44-21-32(10-11-42(44)51)62-35-8-9-36(62)29-59(28-35)45-22-43(55-56-48(45)52)40-4-2-3-5-46(40)64/h2-5,10-11,20-24,31,33-38,64H,6-9,12-19,25-29H2,1H3,(H2,52,56)(H,54,65,66). The van der Waals surface area contributed by atoms with Crippen LogP contribution >= 0.6 is 0 Å². The molecule has 344 valence electrons. The van der Waals surface area contributed by atoms with E-state index in [1.165, 1.54) is 12.8 Å². The minimum absolute atomic E-state index is 0.144. The Hall–Kier alpha value is -6.00. The van der Waals surface area contributed by atoms with Crippen molar-refractivity contribution in [2.75, 3.05) is 77.7 Å². The first-order valence-electron chi connectivity index (χ1n) is 24.2. The van der Waals surface area contributed by atoms with Crippen molar-refractivity contribution in [2.24, 2.45) is 5.92 Å². The smallest absolute Gasteiger partial charge is 0.328 e. The molecular formula is C50H59FN12O3. The average molecular weight is 895 g/mol. The second kappa shape index (κ2) is 16.4. The Morgan fingerprint density at radius 3 is 2.27 bits per heavy atom. The third-order valence-electron chi connectivity index (χ3n) is 16.2. The van der Waals surface area contributed by atoms with E-state index in [1.807, 2.05) is 30.3 Å². The summed E-state index contributed by atoms with van der Waals surface area (Å²) in [5, 5.41) is 22.5. The number of nitrogen functional groups attached to an aromatic ring is 1. The number of anilines is 5. The second-order valence-corrected chi connectivity index (χ2v) is 20.1. The van der Waals surface area contributed by atoms with Crippen molar-refractivity contribution in [1.82, 2.24) is 34.9 Å². The molecule has 7 aliphatic rings. The van der Waals surface area contributed by atoms with Crippen LogP contribution < -0.4 is 30.7 Å². The summed E-state index contributed by atoms with van der Waals surface area (Å²) >= 11 is 0. The van der Waals surface area contributed by atoms with Gasteiger partial charge in [-0.15, -0.1) is 10.2 Å². The molecule has 66 heavy (non-hydrogen) atoms. The number of fused-ring (bicyclic) bond motifs is 5. The molecule has 15 nitrogen and oxygen atoms in total. The van der Waals surface area contributed by atoms with Gasteiger partial charge in [0, 0.05) is 118 Å². The highest BCUT2D eigenvalue weighted by atomic mass is 19.1. The molecule has 7 fully saturated rings. The normalized spacial score (nSPS) is 27.2. The maximum atomic E-state index is 15.7. The van der Waals surface area contributed by atoms with Crippen molar-refractivity contribution in [3.05, 3.63) is 78.4 Å². The number of hydrogen-bond acceptors (Lipinski definition) is 12. The fourth-order valence-electron chi connectivity index (χ4n) is 12.9. The van der Waals surface area contributed by atoms with E-state index < -0.39 is 0 Å². The number of imide groups is 1. The van der Waals surface area contributed by atoms with E-state index in [2.05, 4.69) is 63.8 Å². The van der Waals surface area contributed by atoms with Crippen LogP contribution in [0.25, 0.3) is 22.3 Å². The number of nitrogens with zero attached hydrogens (tertiary/aromatic N) is 10. The number of aromatic nitrogens is 4. The fraction of sp³-hybridized carbons (Fsp3) is 0.500. The summed E-state index contributed by atoms with van der Waals surface area (Å²) < 4.78 is 18.1. The first-order chi connectivity index (χ1) is 32.1. The number of piperidine rings is 1. The lowest BCUT2D eigenvalue weighted by atomic mass is 9.83. The highest BCUT2D eigenvalue weighted by Gasteiger charge is 2.48. The van der Waals surface area contributed by atoms with Crippen LogP contribution in [0.2, 0.25) is 0 Å². The van der Waals surface area contributed by atoms with Crippen molar-refractivity contribution in [1.29, 1.82) is 0 Å². The molecule has 5 aromatic rings. The van der Waals surface area contributed by atoms with Gasteiger partial charge in [0.2, 0.25) is 5.91 Å². The van der Waals surface area contributed by atoms with Crippen LogP contribution in [0.1, 0.15) is 69.4 Å². The molecule has 3 aromatic heterocycles. The molecule has 3 amide bonds. The number of pyridine rings is 1. The third-order valence-corrected chi connectivity index (χ3v) is 16.2. The van der Waals surface area contributed by atoms with Gasteiger partial charge in [0.1, 0.15) is 17.2 Å². The van der Waals surface area contributed by atoms with Gasteiger partial charge in [-0.2, -0.15) is 0 Å². The van der Waals surface area contributed by atoms with E-state index in [1.54, 1.807) is 29.3 Å². The summed E-state index contributed by atoms with van der Waals surface area (Å²) in [4.78, 5) is 43.4. The highest BCUT2D eigenvalue weighted by molar-refractivity contribution is 6.06. The largest absolute Gasteiger partial charge is 0.507 e. The van der Waals surface area contributed by atoms with Crippen LogP contribution in [0.3, 0.4) is 0 Å². The molecule has 4 atom stereocenters. The molecule has 4 N–H and O–H groups in total. The summed E-state index contributed by atoms with van der Waals surface area (Å²) in [6, 6.07) is 19.2. The van der Waals surface area contributed by atoms with Gasteiger partial charge in [0.05, 0.1) is 29.0 Å². The molecule has 4 bridgehead atoms. The number of piperazine rings is 2. The summed E-state index contributed by atoms with van der Waals surface area (Å²) in [5.41, 5.74) is 13.1. The number of phenolic OH excluding ortho intramolecular Hbond substituents is 1. The molecule has 0 radical (unpaired) electrons. The zero-order valence-electron chi connectivity index (χ0n) is 37.6. The summed E-state index contributed by atoms with van der Waals surface area (Å²) in [6.45, 7) is 9.18. The monoisotopic (exact) mass is 894 g/mol. The van der Waals surface area contributed by atoms with Gasteiger partial charge in [-0.3, -0.25) is 24.8 Å². The second-order valence-electron chi connectivity index (χ2n) is 20.1. The molecule has 2 aromatic carbocycles. The lowest BCUT2D eigenvalue weighted by Gasteiger charge is -2.51. The summed E-state index contributed by atoms with van der Waals surface area (Å²) in [5.74, 6) is 0.777. The number of carbonyl (C=O) groups is 2. The number of benzene rings is 2. The molecular weight excluding hydrogens is 836 g/mol. The first-order valence-corrected chi connectivity index (χ1v) is 24.2. The van der Waals surface area contributed by atoms with Crippen LogP contribution in [0, 0.1) is 18.7 Å². The number of nitrogens with one attached hydrogen (secondary N) is 1. The maximum Gasteiger partial charge on any atom is 0.328 e. The maximum absolute atomic E-state index is 15.7. The fourth-order valence-corrected chi connectivity index (χ4v) is 12.9. The molecule has 4 unspecified atom stereocenters. The number of urea groups is 1. The molecule has 0 spiro atoms. The minimum Gasteiger partial charge on any atom is -0.507 e. The quantitative estimate of drug-likeness (QED) is 0.152. The van der Waals surface area contributed by atoms with E-state index in [9.17, 15) is 14.7 Å². The SMILES string of the molecule is Cc1cn(C2CC(N3C4CCC3CN(CC3CCN(c5cc(N6C7CCC6CN(c6cc(-c8ccccc8O)nnc6N)C7)ccc5F)CC3)C4)C2)c2ncc(N3CCC(=O)NC3=O)cc12. The van der Waals surface area contributed by atoms with Gasteiger partial charge in [-0.1, -0.05) is 12.1 Å². The van der Waals surface area contributed by atoms with Crippen LogP contribution in [-0.4, -0.2) is 129 Å². The number of halogens is 1. The van der Waals surface area contributed by atoms with Gasteiger partial charge >= 0.3 is 6.03 Å². The Bertz CT molecular complexity index is 2670. The molecule has 6 aliphatic heterocycles. The van der Waals surface area contributed by atoms with Gasteiger partial charge in [0.25, 0.3) is 0 Å². The zero-order valence-corrected chi connectivity index (χ0v) is 37.6. The lowest BCUT2D eigenvalue weighted by molar-refractivity contribution is -0.120. The van der Waals surface area contributed by atoms with E-state index in [4.69, 9.17) is 10.7 Å². The lowest BCUT2D eigenvalue weighted by Crippen LogP contribution is -2.60. The predicted molar refractivity (Wildman–Crippen MR) is 254 cm³/mol. The molecule has 1 aliphatic carbocycles. The number of amides is 3. The Labute approximate surface area is 384 Å². The van der Waals surface area contributed by atoms with Crippen molar-refractivity contribution in [3.8, 4) is 17.0 Å². The van der Waals surface area contributed by atoms with Crippen molar-refractivity contribution < 1.29 is 19.1 Å². The van der Waals surface area contributed by atoms with Crippen LogP contribution in [0.4, 0.5) is 37.8 Å². The van der Waals surface area contributed by atoms with Crippen LogP contribution in [0.15, 0.2) is 67.0 Å². The molecule has 1 saturated carbocycles. The number of phenols is 1. The number of likely N-dealkylation sites (tertiary alicyclic amines) is 1. The zero-order chi connectivity index (χ0) is 44.8. The number of carbonyl (C=O) groups excluding carboxylic acids is 2. The topological polar surface area (TPSA) is 155 Å². The van der Waals surface area contributed by atoms with Crippen molar-refractivity contribution in [2.45, 2.75) is 101 Å². The van der Waals surface area contributed by atoms with Crippen LogP contribution in [-0.2, 0) is 4.79 Å². The highest BCUT2D eigenvalue weighted by Crippen LogP contribution is 2.46. The van der Waals surface area contributed by atoms with E-state index in [-0.39, 0.29) is 35.6 Å². The minimum atomic E-state index is -0.384. The first kappa shape index (κ1) is 41.4. The molecule has 6 saturated heterocycles. The molecule has 12 rings (SSSR count). The number of nitrogens with two attached hydrogens (primary N) is 1. The molecule has 16 heteroatoms. The van der Waals surface area contributed by atoms with Gasteiger partial charge in [-0.05, 0) is 112 Å². The van der Waals surface area contributed by atoms with E-state index >= 15 is 4.39 Å². The van der Waals surface area contributed by atoms with Crippen molar-refractivity contribution >= 4 is 51.5 Å². The number of rotatable bonds is 9. The third kappa shape index (κ3) is 7.27. The Morgan fingerprint density at radius 2 is 1.53 bits per heavy atom. The number of aryl methyl sites for hydroxylation is 1. The summed E-state index contributed by atoms with van der Waals surface area (Å²) in [7, 11) is 0. The Kier molecular flexibility index (Phi) is 10.3. The van der Waals surface area contributed by atoms with Gasteiger partial charge in [0.15, 0.2) is 5.82 Å². The number of para-hydroxylation sites is 1. The van der Waals surface area contributed by atoms with Crippen LogP contribution in [0.5, 0.6) is 5.75 Å². The Balaban J connectivity index is 0.643. The average Bonchev–Trinajstić information content (AvgIpc) is 3.86. The number of aromatic hydroxyl groups is 1. The van der Waals surface area contributed by atoms with Crippen molar-refractivity contribution in [3.63, 3.8) is 0 Å². The van der Waals surface area contributed by atoms with E-state index in [0.29, 0.717) is 60.1 Å². The number of hydrogen-bond donors (Lipinski definition) is 3. The summed E-state index contributed by atoms with van der Waals surface area (Å²) in [6.07, 6.45) is 13.4. The Morgan fingerprint density at radius 1 is 0.788 bits per heavy atom. The van der Waals surface area contributed by atoms with Gasteiger partial charge < -0.3 is 30.1 Å².